The van der Waals surface area contributed by atoms with Gasteiger partial charge in [0.15, 0.2) is 0 Å². The molecule has 0 heterocycles. The molecule has 0 fully saturated rings. The Kier molecular flexibility index (Phi) is 2.82. The third-order valence-corrected chi connectivity index (χ3v) is 2.82. The van der Waals surface area contributed by atoms with Crippen LogP contribution in [0.5, 0.6) is 11.5 Å². The van der Waals surface area contributed by atoms with Crippen LogP contribution in [0.3, 0.4) is 0 Å². The lowest BCUT2D eigenvalue weighted by Gasteiger charge is -2.05. The maximum Gasteiger partial charge on any atom is 0.130 e. The number of hydrogen-bond acceptors (Lipinski definition) is 2. The molecule has 2 aromatic rings. The monoisotopic (exact) mass is 266 g/mol. The first-order chi connectivity index (χ1) is 7.20. The molecule has 3 heteroatoms. The third kappa shape index (κ3) is 2.07. The third-order valence-electron chi connectivity index (χ3n) is 2.19. The molecule has 2 rings (SSSR count). The molecule has 2 nitrogen and oxygen atoms in total. The summed E-state index contributed by atoms with van der Waals surface area (Å²) in [5, 5.41) is 11.6. The predicted molar refractivity (Wildman–Crippen MR) is 64.5 cm³/mol. The number of halogens is 1. The van der Waals surface area contributed by atoms with E-state index in [0.717, 1.165) is 16.5 Å². The van der Waals surface area contributed by atoms with Crippen LogP contribution in [0.2, 0.25) is 0 Å². The zero-order valence-corrected chi connectivity index (χ0v) is 9.91. The molecule has 0 aromatic heterocycles. The van der Waals surface area contributed by atoms with Crippen molar-refractivity contribution in [2.75, 3.05) is 6.61 Å². The van der Waals surface area contributed by atoms with Crippen molar-refractivity contribution in [1.29, 1.82) is 0 Å². The zero-order chi connectivity index (χ0) is 10.8. The van der Waals surface area contributed by atoms with E-state index in [-0.39, 0.29) is 5.75 Å². The molecule has 78 valence electrons. The van der Waals surface area contributed by atoms with Gasteiger partial charge in [0.25, 0.3) is 0 Å². The van der Waals surface area contributed by atoms with Crippen molar-refractivity contribution in [2.24, 2.45) is 0 Å². The van der Waals surface area contributed by atoms with E-state index < -0.39 is 0 Å². The lowest BCUT2D eigenvalue weighted by atomic mass is 10.1. The van der Waals surface area contributed by atoms with Crippen molar-refractivity contribution in [3.05, 3.63) is 34.8 Å². The van der Waals surface area contributed by atoms with E-state index in [1.54, 1.807) is 6.07 Å². The van der Waals surface area contributed by atoms with Gasteiger partial charge in [0.05, 0.1) is 11.1 Å². The van der Waals surface area contributed by atoms with Gasteiger partial charge in [0.2, 0.25) is 0 Å². The van der Waals surface area contributed by atoms with E-state index in [9.17, 15) is 5.11 Å². The van der Waals surface area contributed by atoms with Gasteiger partial charge in [0, 0.05) is 0 Å². The van der Waals surface area contributed by atoms with Crippen molar-refractivity contribution in [3.63, 3.8) is 0 Å². The highest BCUT2D eigenvalue weighted by Crippen LogP contribution is 2.31. The topological polar surface area (TPSA) is 29.5 Å². The first-order valence-electron chi connectivity index (χ1n) is 4.76. The average Bonchev–Trinajstić information content (AvgIpc) is 2.21. The minimum absolute atomic E-state index is 0.246. The highest BCUT2D eigenvalue weighted by molar-refractivity contribution is 9.10. The van der Waals surface area contributed by atoms with E-state index in [2.05, 4.69) is 15.9 Å². The maximum absolute atomic E-state index is 9.55. The van der Waals surface area contributed by atoms with Crippen LogP contribution in [0.1, 0.15) is 6.92 Å². The molecule has 0 spiro atoms. The van der Waals surface area contributed by atoms with Gasteiger partial charge in [-0.05, 0) is 57.9 Å². The molecule has 0 bridgehead atoms. The molecular weight excluding hydrogens is 256 g/mol. The van der Waals surface area contributed by atoms with Gasteiger partial charge in [-0.2, -0.15) is 0 Å². The number of phenolic OH excluding ortho intramolecular Hbond substituents is 1. The summed E-state index contributed by atoms with van der Waals surface area (Å²) in [4.78, 5) is 0. The molecule has 0 aliphatic rings. The number of fused-ring (bicyclic) bond motifs is 1. The van der Waals surface area contributed by atoms with Gasteiger partial charge in [-0.25, -0.2) is 0 Å². The predicted octanol–water partition coefficient (Wildman–Crippen LogP) is 3.71. The van der Waals surface area contributed by atoms with Crippen molar-refractivity contribution in [3.8, 4) is 11.5 Å². The molecule has 0 amide bonds. The fourth-order valence-electron chi connectivity index (χ4n) is 1.49. The molecule has 0 aliphatic heterocycles. The Morgan fingerprint density at radius 3 is 2.73 bits per heavy atom. The first kappa shape index (κ1) is 10.3. The van der Waals surface area contributed by atoms with Gasteiger partial charge in [0.1, 0.15) is 11.5 Å². The highest BCUT2D eigenvalue weighted by Gasteiger charge is 2.02. The first-order valence-corrected chi connectivity index (χ1v) is 5.55. The van der Waals surface area contributed by atoms with Crippen LogP contribution in [0.4, 0.5) is 0 Å². The van der Waals surface area contributed by atoms with Crippen LogP contribution in [0.25, 0.3) is 10.8 Å². The van der Waals surface area contributed by atoms with Gasteiger partial charge in [-0.3, -0.25) is 0 Å². The molecule has 0 atom stereocenters. The second-order valence-electron chi connectivity index (χ2n) is 3.25. The van der Waals surface area contributed by atoms with Crippen molar-refractivity contribution in [2.45, 2.75) is 6.92 Å². The Hall–Kier alpha value is -1.22. The van der Waals surface area contributed by atoms with Crippen LogP contribution in [0.15, 0.2) is 34.8 Å². The van der Waals surface area contributed by atoms with Crippen molar-refractivity contribution in [1.82, 2.24) is 0 Å². The number of ether oxygens (including phenoxy) is 1. The van der Waals surface area contributed by atoms with Crippen LogP contribution >= 0.6 is 15.9 Å². The average molecular weight is 267 g/mol. The summed E-state index contributed by atoms with van der Waals surface area (Å²) in [6.07, 6.45) is 0. The van der Waals surface area contributed by atoms with Crippen LogP contribution in [-0.4, -0.2) is 11.7 Å². The molecule has 0 radical (unpaired) electrons. The van der Waals surface area contributed by atoms with Gasteiger partial charge < -0.3 is 9.84 Å². The minimum Gasteiger partial charge on any atom is -0.507 e. The second-order valence-corrected chi connectivity index (χ2v) is 4.10. The van der Waals surface area contributed by atoms with Crippen LogP contribution in [0, 0.1) is 0 Å². The molecule has 0 saturated carbocycles. The smallest absolute Gasteiger partial charge is 0.130 e. The number of hydrogen-bond donors (Lipinski definition) is 1. The molecule has 0 unspecified atom stereocenters. The largest absolute Gasteiger partial charge is 0.507 e. The molecule has 0 aliphatic carbocycles. The summed E-state index contributed by atoms with van der Waals surface area (Å²) in [5.74, 6) is 1.07. The van der Waals surface area contributed by atoms with Crippen molar-refractivity contribution >= 4 is 26.7 Å². The summed E-state index contributed by atoms with van der Waals surface area (Å²) in [6, 6.07) is 9.44. The molecule has 15 heavy (non-hydrogen) atoms. The SMILES string of the molecule is CCOc1ccc2cc(Br)c(O)cc2c1. The molecular formula is C12H11BrO2. The summed E-state index contributed by atoms with van der Waals surface area (Å²) < 4.78 is 6.10. The Balaban J connectivity index is 2.56. The number of phenols is 1. The van der Waals surface area contributed by atoms with E-state index in [4.69, 9.17) is 4.74 Å². The van der Waals surface area contributed by atoms with Crippen molar-refractivity contribution < 1.29 is 9.84 Å². The van der Waals surface area contributed by atoms with E-state index in [1.165, 1.54) is 0 Å². The summed E-state index contributed by atoms with van der Waals surface area (Å²) in [5.41, 5.74) is 0. The maximum atomic E-state index is 9.55. The van der Waals surface area contributed by atoms with Crippen LogP contribution in [-0.2, 0) is 0 Å². The standard InChI is InChI=1S/C12H11BrO2/c1-2-15-10-4-3-8-6-11(13)12(14)7-9(8)5-10/h3-7,14H,2H2,1H3. The highest BCUT2D eigenvalue weighted by atomic mass is 79.9. The summed E-state index contributed by atoms with van der Waals surface area (Å²) in [6.45, 7) is 2.59. The Morgan fingerprint density at radius 1 is 1.20 bits per heavy atom. The Morgan fingerprint density at radius 2 is 2.00 bits per heavy atom. The van der Waals surface area contributed by atoms with E-state index in [1.807, 2.05) is 31.2 Å². The Bertz CT molecular complexity index is 494. The Labute approximate surface area is 96.6 Å². The number of benzene rings is 2. The molecule has 1 N–H and O–H groups in total. The fraction of sp³-hybridized carbons (Fsp3) is 0.167. The fourth-order valence-corrected chi connectivity index (χ4v) is 1.85. The number of rotatable bonds is 2. The zero-order valence-electron chi connectivity index (χ0n) is 8.33. The summed E-state index contributed by atoms with van der Waals surface area (Å²) >= 11 is 3.28. The number of aromatic hydroxyl groups is 1. The van der Waals surface area contributed by atoms with Gasteiger partial charge in [-0.1, -0.05) is 6.07 Å². The minimum atomic E-state index is 0.246. The van der Waals surface area contributed by atoms with Crippen LogP contribution < -0.4 is 4.74 Å². The van der Waals surface area contributed by atoms with E-state index in [0.29, 0.717) is 11.1 Å². The lowest BCUT2D eigenvalue weighted by molar-refractivity contribution is 0.341. The molecule has 0 saturated heterocycles. The quantitative estimate of drug-likeness (QED) is 0.898. The van der Waals surface area contributed by atoms with Gasteiger partial charge >= 0.3 is 0 Å². The van der Waals surface area contributed by atoms with E-state index >= 15 is 0 Å². The lowest BCUT2D eigenvalue weighted by Crippen LogP contribution is -1.90. The second kappa shape index (κ2) is 4.11. The molecule has 2 aromatic carbocycles. The van der Waals surface area contributed by atoms with Gasteiger partial charge in [-0.15, -0.1) is 0 Å². The summed E-state index contributed by atoms with van der Waals surface area (Å²) in [7, 11) is 0. The normalized spacial score (nSPS) is 10.5.